The summed E-state index contributed by atoms with van der Waals surface area (Å²) in [5.41, 5.74) is 6.64. The van der Waals surface area contributed by atoms with E-state index in [0.717, 1.165) is 28.6 Å². The van der Waals surface area contributed by atoms with E-state index < -0.39 is 0 Å². The molecule has 0 saturated carbocycles. The Kier molecular flexibility index (Phi) is 3.77. The van der Waals surface area contributed by atoms with Crippen molar-refractivity contribution < 1.29 is 9.47 Å². The molecule has 0 aliphatic carbocycles. The number of nitrogens with two attached hydrogens (primary N) is 1. The van der Waals surface area contributed by atoms with Crippen LogP contribution in [0.3, 0.4) is 0 Å². The lowest BCUT2D eigenvalue weighted by atomic mass is 10.1. The highest BCUT2D eigenvalue weighted by molar-refractivity contribution is 5.96. The summed E-state index contributed by atoms with van der Waals surface area (Å²) in [5, 5.41) is 1.93. The van der Waals surface area contributed by atoms with Crippen molar-refractivity contribution >= 4 is 16.5 Å². The first-order valence-corrected chi connectivity index (χ1v) is 5.57. The second kappa shape index (κ2) is 5.50. The number of ether oxygens (including phenoxy) is 2. The van der Waals surface area contributed by atoms with Gasteiger partial charge in [0.05, 0.1) is 6.61 Å². The Hall–Kier alpha value is -1.81. The lowest BCUT2D eigenvalue weighted by Crippen LogP contribution is -2.02. The van der Waals surface area contributed by atoms with Gasteiger partial charge in [-0.1, -0.05) is 0 Å². The zero-order valence-corrected chi connectivity index (χ0v) is 9.85. The molecule has 4 nitrogen and oxygen atoms in total. The molecule has 0 fully saturated rings. The molecule has 90 valence electrons. The molecule has 2 rings (SSSR count). The third-order valence-electron chi connectivity index (χ3n) is 2.56. The molecule has 0 atom stereocenters. The van der Waals surface area contributed by atoms with E-state index in [1.165, 1.54) is 0 Å². The Labute approximate surface area is 100 Å². The molecule has 0 spiro atoms. The van der Waals surface area contributed by atoms with Crippen molar-refractivity contribution in [2.75, 3.05) is 26.1 Å². The molecule has 0 radical (unpaired) electrons. The molecule has 0 aliphatic rings. The standard InChI is InChI=1S/C13H16N2O2/c1-16-7-2-8-17-13-4-3-12(14)10-5-6-15-9-11(10)13/h3-6,9H,2,7-8,14H2,1H3. The summed E-state index contributed by atoms with van der Waals surface area (Å²) < 4.78 is 10.7. The van der Waals surface area contributed by atoms with E-state index in [1.807, 2.05) is 18.2 Å². The maximum Gasteiger partial charge on any atom is 0.128 e. The van der Waals surface area contributed by atoms with E-state index in [9.17, 15) is 0 Å². The van der Waals surface area contributed by atoms with Crippen molar-refractivity contribution in [3.05, 3.63) is 30.6 Å². The third kappa shape index (κ3) is 2.65. The number of anilines is 1. The Balaban J connectivity index is 2.20. The van der Waals surface area contributed by atoms with Gasteiger partial charge in [0.2, 0.25) is 0 Å². The summed E-state index contributed by atoms with van der Waals surface area (Å²) >= 11 is 0. The van der Waals surface area contributed by atoms with Crippen LogP contribution in [0.5, 0.6) is 5.75 Å². The zero-order chi connectivity index (χ0) is 12.1. The van der Waals surface area contributed by atoms with Gasteiger partial charge in [0.1, 0.15) is 5.75 Å². The largest absolute Gasteiger partial charge is 0.493 e. The van der Waals surface area contributed by atoms with E-state index in [1.54, 1.807) is 19.5 Å². The highest BCUT2D eigenvalue weighted by Gasteiger charge is 2.04. The van der Waals surface area contributed by atoms with Crippen molar-refractivity contribution in [2.24, 2.45) is 0 Å². The molecule has 0 saturated heterocycles. The fourth-order valence-corrected chi connectivity index (χ4v) is 1.70. The highest BCUT2D eigenvalue weighted by atomic mass is 16.5. The maximum absolute atomic E-state index is 5.90. The highest BCUT2D eigenvalue weighted by Crippen LogP contribution is 2.29. The summed E-state index contributed by atoms with van der Waals surface area (Å²) in [6.45, 7) is 1.33. The predicted molar refractivity (Wildman–Crippen MR) is 68.1 cm³/mol. The van der Waals surface area contributed by atoms with Gasteiger partial charge in [-0.2, -0.15) is 0 Å². The molecule has 0 unspecified atom stereocenters. The van der Waals surface area contributed by atoms with Crippen molar-refractivity contribution in [2.45, 2.75) is 6.42 Å². The molecule has 0 bridgehead atoms. The van der Waals surface area contributed by atoms with Gasteiger partial charge in [0.15, 0.2) is 0 Å². The molecule has 1 aromatic heterocycles. The number of nitrogen functional groups attached to an aromatic ring is 1. The average Bonchev–Trinajstić information content (AvgIpc) is 2.37. The van der Waals surface area contributed by atoms with Crippen LogP contribution in [0.1, 0.15) is 6.42 Å². The third-order valence-corrected chi connectivity index (χ3v) is 2.56. The Morgan fingerprint density at radius 2 is 2.06 bits per heavy atom. The molecule has 2 N–H and O–H groups in total. The monoisotopic (exact) mass is 232 g/mol. The summed E-state index contributed by atoms with van der Waals surface area (Å²) in [4.78, 5) is 4.10. The summed E-state index contributed by atoms with van der Waals surface area (Å²) in [6, 6.07) is 5.63. The minimum atomic E-state index is 0.627. The predicted octanol–water partition coefficient (Wildman–Crippen LogP) is 2.23. The van der Waals surface area contributed by atoms with Gasteiger partial charge in [0, 0.05) is 49.0 Å². The van der Waals surface area contributed by atoms with Crippen molar-refractivity contribution in [3.8, 4) is 5.75 Å². The van der Waals surface area contributed by atoms with E-state index >= 15 is 0 Å². The van der Waals surface area contributed by atoms with Crippen LogP contribution in [0.15, 0.2) is 30.6 Å². The second-order valence-electron chi connectivity index (χ2n) is 3.77. The van der Waals surface area contributed by atoms with Crippen LogP contribution >= 0.6 is 0 Å². The van der Waals surface area contributed by atoms with Gasteiger partial charge < -0.3 is 15.2 Å². The average molecular weight is 232 g/mol. The molecule has 4 heteroatoms. The molecule has 1 aromatic carbocycles. The van der Waals surface area contributed by atoms with Crippen LogP contribution in [0.2, 0.25) is 0 Å². The van der Waals surface area contributed by atoms with Crippen LogP contribution in [-0.4, -0.2) is 25.3 Å². The van der Waals surface area contributed by atoms with Crippen LogP contribution in [0.25, 0.3) is 10.8 Å². The number of pyridine rings is 1. The first kappa shape index (κ1) is 11.7. The minimum Gasteiger partial charge on any atom is -0.493 e. The molecular weight excluding hydrogens is 216 g/mol. The first-order valence-electron chi connectivity index (χ1n) is 5.57. The van der Waals surface area contributed by atoms with Gasteiger partial charge in [-0.15, -0.1) is 0 Å². The van der Waals surface area contributed by atoms with E-state index in [0.29, 0.717) is 13.2 Å². The van der Waals surface area contributed by atoms with Gasteiger partial charge in [0.25, 0.3) is 0 Å². The van der Waals surface area contributed by atoms with E-state index in [2.05, 4.69) is 4.98 Å². The van der Waals surface area contributed by atoms with E-state index in [-0.39, 0.29) is 0 Å². The molecule has 2 aromatic rings. The van der Waals surface area contributed by atoms with E-state index in [4.69, 9.17) is 15.2 Å². The van der Waals surface area contributed by atoms with Gasteiger partial charge in [-0.25, -0.2) is 0 Å². The van der Waals surface area contributed by atoms with Crippen LogP contribution in [0, 0.1) is 0 Å². The zero-order valence-electron chi connectivity index (χ0n) is 9.85. The number of aromatic nitrogens is 1. The van der Waals surface area contributed by atoms with Gasteiger partial charge in [-0.05, 0) is 18.2 Å². The molecule has 0 aliphatic heterocycles. The van der Waals surface area contributed by atoms with Crippen LogP contribution in [-0.2, 0) is 4.74 Å². The molecule has 0 amide bonds. The number of benzene rings is 1. The Bertz CT molecular complexity index is 500. The summed E-state index contributed by atoms with van der Waals surface area (Å²) in [6.07, 6.45) is 4.37. The lowest BCUT2D eigenvalue weighted by Gasteiger charge is -2.10. The van der Waals surface area contributed by atoms with Crippen LogP contribution in [0.4, 0.5) is 5.69 Å². The van der Waals surface area contributed by atoms with Gasteiger partial charge >= 0.3 is 0 Å². The molecular formula is C13H16N2O2. The fourth-order valence-electron chi connectivity index (χ4n) is 1.70. The number of fused-ring (bicyclic) bond motifs is 1. The van der Waals surface area contributed by atoms with Crippen molar-refractivity contribution in [1.29, 1.82) is 0 Å². The quantitative estimate of drug-likeness (QED) is 0.634. The number of nitrogens with zero attached hydrogens (tertiary/aromatic N) is 1. The SMILES string of the molecule is COCCCOc1ccc(N)c2ccncc12. The maximum atomic E-state index is 5.90. The second-order valence-corrected chi connectivity index (χ2v) is 3.77. The number of hydrogen-bond donors (Lipinski definition) is 1. The lowest BCUT2D eigenvalue weighted by molar-refractivity contribution is 0.172. The number of hydrogen-bond acceptors (Lipinski definition) is 4. The summed E-state index contributed by atoms with van der Waals surface area (Å²) in [7, 11) is 1.68. The van der Waals surface area contributed by atoms with Crippen LogP contribution < -0.4 is 10.5 Å². The normalized spacial score (nSPS) is 10.6. The number of rotatable bonds is 5. The van der Waals surface area contributed by atoms with Crippen molar-refractivity contribution in [3.63, 3.8) is 0 Å². The topological polar surface area (TPSA) is 57.4 Å². The first-order chi connectivity index (χ1) is 8.33. The fraction of sp³-hybridized carbons (Fsp3) is 0.308. The Morgan fingerprint density at radius 1 is 1.18 bits per heavy atom. The number of methoxy groups -OCH3 is 1. The minimum absolute atomic E-state index is 0.627. The van der Waals surface area contributed by atoms with Gasteiger partial charge in [-0.3, -0.25) is 4.98 Å². The van der Waals surface area contributed by atoms with Crippen molar-refractivity contribution in [1.82, 2.24) is 4.98 Å². The summed E-state index contributed by atoms with van der Waals surface area (Å²) in [5.74, 6) is 0.818. The Morgan fingerprint density at radius 3 is 2.88 bits per heavy atom. The smallest absolute Gasteiger partial charge is 0.128 e. The molecule has 17 heavy (non-hydrogen) atoms. The molecule has 1 heterocycles.